The number of hydrogen-bond acceptors (Lipinski definition) is 2. The van der Waals surface area contributed by atoms with Gasteiger partial charge in [-0.05, 0) is 31.0 Å². The van der Waals surface area contributed by atoms with E-state index in [2.05, 4.69) is 11.4 Å². The molecule has 0 unspecified atom stereocenters. The highest BCUT2D eigenvalue weighted by atomic mass is 35.5. The van der Waals surface area contributed by atoms with Gasteiger partial charge in [0, 0.05) is 5.69 Å². The van der Waals surface area contributed by atoms with E-state index in [0.29, 0.717) is 18.5 Å². The predicted octanol–water partition coefficient (Wildman–Crippen LogP) is 3.89. The Bertz CT molecular complexity index is 533. The molecule has 1 N–H and O–H groups in total. The first-order valence-corrected chi connectivity index (χ1v) is 6.63. The molecule has 100 valence electrons. The molecule has 0 saturated heterocycles. The van der Waals surface area contributed by atoms with Crippen molar-refractivity contribution in [2.75, 3.05) is 5.32 Å². The first-order valence-electron chi connectivity index (χ1n) is 6.25. The van der Waals surface area contributed by atoms with E-state index in [4.69, 9.17) is 11.6 Å². The number of nitrogens with zero attached hydrogens (tertiary/aromatic N) is 1. The highest BCUT2D eigenvalue weighted by molar-refractivity contribution is 6.31. The van der Waals surface area contributed by atoms with Crippen molar-refractivity contribution in [2.24, 2.45) is 5.41 Å². The summed E-state index contributed by atoms with van der Waals surface area (Å²) in [4.78, 5) is 12.2. The van der Waals surface area contributed by atoms with Gasteiger partial charge in [-0.15, -0.1) is 0 Å². The number of carbonyl (C=O) groups is 1. The van der Waals surface area contributed by atoms with Crippen molar-refractivity contribution in [3.05, 3.63) is 29.0 Å². The maximum atomic E-state index is 13.0. The number of nitriles is 1. The Kier molecular flexibility index (Phi) is 4.06. The van der Waals surface area contributed by atoms with Crippen molar-refractivity contribution in [1.29, 1.82) is 5.26 Å². The van der Waals surface area contributed by atoms with E-state index in [1.165, 1.54) is 18.2 Å². The average Bonchev–Trinajstić information content (AvgIpc) is 2.43. The van der Waals surface area contributed by atoms with E-state index >= 15 is 0 Å². The molecule has 0 heterocycles. The number of amides is 1. The van der Waals surface area contributed by atoms with Gasteiger partial charge in [-0.3, -0.25) is 4.79 Å². The van der Waals surface area contributed by atoms with Crippen LogP contribution in [0.5, 0.6) is 0 Å². The number of halogens is 2. The molecule has 1 saturated carbocycles. The minimum atomic E-state index is -0.959. The SMILES string of the molecule is N#CC1(C(=O)Nc2ccc(F)c(Cl)c2)CCCCC1. The molecule has 1 aromatic carbocycles. The number of hydrogen-bond donors (Lipinski definition) is 1. The van der Waals surface area contributed by atoms with E-state index in [-0.39, 0.29) is 10.9 Å². The lowest BCUT2D eigenvalue weighted by Crippen LogP contribution is -2.36. The molecule has 0 atom stereocenters. The Morgan fingerprint density at radius 2 is 2.05 bits per heavy atom. The molecular weight excluding hydrogens is 267 g/mol. The van der Waals surface area contributed by atoms with Crippen molar-refractivity contribution in [3.63, 3.8) is 0 Å². The number of rotatable bonds is 2. The molecule has 0 radical (unpaired) electrons. The summed E-state index contributed by atoms with van der Waals surface area (Å²) in [6.45, 7) is 0. The van der Waals surface area contributed by atoms with Gasteiger partial charge in [0.15, 0.2) is 0 Å². The topological polar surface area (TPSA) is 52.9 Å². The second kappa shape index (κ2) is 5.58. The number of nitrogens with one attached hydrogen (secondary N) is 1. The van der Waals surface area contributed by atoms with Crippen LogP contribution in [-0.2, 0) is 4.79 Å². The van der Waals surface area contributed by atoms with Crippen molar-refractivity contribution >= 4 is 23.2 Å². The second-order valence-corrected chi connectivity index (χ2v) is 5.24. The van der Waals surface area contributed by atoms with Gasteiger partial charge in [-0.2, -0.15) is 5.26 Å². The maximum Gasteiger partial charge on any atom is 0.244 e. The van der Waals surface area contributed by atoms with Gasteiger partial charge in [0.25, 0.3) is 0 Å². The summed E-state index contributed by atoms with van der Waals surface area (Å²) in [5.74, 6) is -0.857. The van der Waals surface area contributed by atoms with Gasteiger partial charge in [-0.1, -0.05) is 30.9 Å². The zero-order valence-electron chi connectivity index (χ0n) is 10.4. The summed E-state index contributed by atoms with van der Waals surface area (Å²) in [5.41, 5.74) is -0.546. The summed E-state index contributed by atoms with van der Waals surface area (Å²) < 4.78 is 13.0. The molecule has 0 bridgehead atoms. The molecular formula is C14H14ClFN2O. The highest BCUT2D eigenvalue weighted by Gasteiger charge is 2.39. The monoisotopic (exact) mass is 280 g/mol. The van der Waals surface area contributed by atoms with Crippen LogP contribution in [0.15, 0.2) is 18.2 Å². The third-order valence-corrected chi connectivity index (χ3v) is 3.82. The lowest BCUT2D eigenvalue weighted by atomic mass is 9.74. The van der Waals surface area contributed by atoms with E-state index < -0.39 is 11.2 Å². The first kappa shape index (κ1) is 13.8. The van der Waals surface area contributed by atoms with Crippen molar-refractivity contribution in [2.45, 2.75) is 32.1 Å². The first-order chi connectivity index (χ1) is 9.07. The fourth-order valence-electron chi connectivity index (χ4n) is 2.37. The molecule has 19 heavy (non-hydrogen) atoms. The molecule has 1 aromatic rings. The summed E-state index contributed by atoms with van der Waals surface area (Å²) in [6.07, 6.45) is 3.96. The van der Waals surface area contributed by atoms with Crippen LogP contribution in [0.4, 0.5) is 10.1 Å². The molecule has 1 aliphatic carbocycles. The standard InChI is InChI=1S/C14H14ClFN2O/c15-11-8-10(4-5-12(11)16)18-13(19)14(9-17)6-2-1-3-7-14/h4-5,8H,1-3,6-7H2,(H,18,19). The Hall–Kier alpha value is -1.60. The molecule has 1 aliphatic rings. The van der Waals surface area contributed by atoms with Crippen molar-refractivity contribution in [3.8, 4) is 6.07 Å². The van der Waals surface area contributed by atoms with E-state index in [1.807, 2.05) is 0 Å². The number of benzene rings is 1. The third kappa shape index (κ3) is 2.87. The minimum Gasteiger partial charge on any atom is -0.325 e. The normalized spacial score (nSPS) is 17.5. The van der Waals surface area contributed by atoms with E-state index in [0.717, 1.165) is 19.3 Å². The van der Waals surface area contributed by atoms with Crippen LogP contribution < -0.4 is 5.32 Å². The minimum absolute atomic E-state index is 0.0487. The zero-order valence-corrected chi connectivity index (χ0v) is 11.1. The molecule has 0 aromatic heterocycles. The summed E-state index contributed by atoms with van der Waals surface area (Å²) >= 11 is 5.66. The van der Waals surface area contributed by atoms with Crippen molar-refractivity contribution in [1.82, 2.24) is 0 Å². The summed E-state index contributed by atoms with van der Waals surface area (Å²) in [5, 5.41) is 11.9. The zero-order chi connectivity index (χ0) is 13.9. The van der Waals surface area contributed by atoms with Gasteiger partial charge in [0.2, 0.25) is 5.91 Å². The van der Waals surface area contributed by atoms with Gasteiger partial charge in [0.1, 0.15) is 11.2 Å². The Morgan fingerprint density at radius 1 is 1.37 bits per heavy atom. The van der Waals surface area contributed by atoms with Crippen LogP contribution in [-0.4, -0.2) is 5.91 Å². The molecule has 3 nitrogen and oxygen atoms in total. The van der Waals surface area contributed by atoms with Crippen molar-refractivity contribution < 1.29 is 9.18 Å². The van der Waals surface area contributed by atoms with E-state index in [1.54, 1.807) is 0 Å². The molecule has 0 aliphatic heterocycles. The maximum absolute atomic E-state index is 13.0. The average molecular weight is 281 g/mol. The third-order valence-electron chi connectivity index (χ3n) is 3.53. The molecule has 1 amide bonds. The Balaban J connectivity index is 2.15. The molecule has 5 heteroatoms. The van der Waals surface area contributed by atoms with Gasteiger partial charge in [0.05, 0.1) is 11.1 Å². The Labute approximate surface area is 116 Å². The van der Waals surface area contributed by atoms with Crippen LogP contribution in [0.3, 0.4) is 0 Å². The fraction of sp³-hybridized carbons (Fsp3) is 0.429. The molecule has 2 rings (SSSR count). The summed E-state index contributed by atoms with van der Waals surface area (Å²) in [6, 6.07) is 6.12. The van der Waals surface area contributed by atoms with Gasteiger partial charge in [-0.25, -0.2) is 4.39 Å². The quantitative estimate of drug-likeness (QED) is 0.893. The molecule has 0 spiro atoms. The van der Waals surface area contributed by atoms with Crippen LogP contribution in [0.25, 0.3) is 0 Å². The molecule has 1 fully saturated rings. The van der Waals surface area contributed by atoms with Gasteiger partial charge >= 0.3 is 0 Å². The second-order valence-electron chi connectivity index (χ2n) is 4.84. The predicted molar refractivity (Wildman–Crippen MR) is 71.2 cm³/mol. The summed E-state index contributed by atoms with van der Waals surface area (Å²) in [7, 11) is 0. The van der Waals surface area contributed by atoms with E-state index in [9.17, 15) is 14.4 Å². The fourth-order valence-corrected chi connectivity index (χ4v) is 2.55. The highest BCUT2D eigenvalue weighted by Crippen LogP contribution is 2.36. The van der Waals surface area contributed by atoms with Gasteiger partial charge < -0.3 is 5.32 Å². The number of anilines is 1. The van der Waals surface area contributed by atoms with Crippen LogP contribution in [0, 0.1) is 22.6 Å². The largest absolute Gasteiger partial charge is 0.325 e. The lowest BCUT2D eigenvalue weighted by Gasteiger charge is -2.29. The Morgan fingerprint density at radius 3 is 2.63 bits per heavy atom. The lowest BCUT2D eigenvalue weighted by molar-refractivity contribution is -0.124. The van der Waals surface area contributed by atoms with Crippen LogP contribution >= 0.6 is 11.6 Å². The number of carbonyl (C=O) groups excluding carboxylic acids is 1. The van der Waals surface area contributed by atoms with Crippen LogP contribution in [0.2, 0.25) is 5.02 Å². The smallest absolute Gasteiger partial charge is 0.244 e. The van der Waals surface area contributed by atoms with Crippen LogP contribution in [0.1, 0.15) is 32.1 Å².